The molecule has 1 heterocycles. The van der Waals surface area contributed by atoms with Gasteiger partial charge in [0.15, 0.2) is 5.78 Å². The van der Waals surface area contributed by atoms with Gasteiger partial charge in [0, 0.05) is 29.2 Å². The Morgan fingerprint density at radius 2 is 1.69 bits per heavy atom. The second kappa shape index (κ2) is 12.1. The van der Waals surface area contributed by atoms with Gasteiger partial charge < -0.3 is 5.11 Å². The monoisotopic (exact) mass is 633 g/mol. The van der Waals surface area contributed by atoms with Crippen molar-refractivity contribution in [3.8, 4) is 0 Å². The van der Waals surface area contributed by atoms with E-state index >= 15 is 0 Å². The van der Waals surface area contributed by atoms with Gasteiger partial charge in [-0.25, -0.2) is 4.98 Å². The first-order chi connectivity index (χ1) is 19.7. The summed E-state index contributed by atoms with van der Waals surface area (Å²) in [5.41, 5.74) is -3.69. The van der Waals surface area contributed by atoms with Crippen LogP contribution in [0.5, 0.6) is 0 Å². The number of aliphatic hydroxyl groups is 1. The van der Waals surface area contributed by atoms with Gasteiger partial charge in [-0.2, -0.15) is 22.0 Å². The first kappa shape index (κ1) is 32.4. The molecule has 10 heteroatoms. The lowest BCUT2D eigenvalue weighted by Crippen LogP contribution is -2.66. The smallest absolute Gasteiger partial charge is 0.383 e. The zero-order valence-electron chi connectivity index (χ0n) is 24.7. The van der Waals surface area contributed by atoms with E-state index in [2.05, 4.69) is 11.9 Å². The lowest BCUT2D eigenvalue weighted by Gasteiger charge is -2.62. The van der Waals surface area contributed by atoms with Crippen molar-refractivity contribution in [2.45, 2.75) is 126 Å². The Morgan fingerprint density at radius 3 is 2.38 bits per heavy atom. The number of aromatic nitrogens is 1. The Hall–Kier alpha value is -1.00. The molecule has 7 atom stereocenters. The highest BCUT2D eigenvalue weighted by Crippen LogP contribution is 2.72. The van der Waals surface area contributed by atoms with Crippen molar-refractivity contribution in [3.63, 3.8) is 0 Å². The van der Waals surface area contributed by atoms with Crippen LogP contribution in [0.2, 0.25) is 0 Å². The van der Waals surface area contributed by atoms with Crippen LogP contribution in [0.1, 0.15) is 104 Å². The van der Waals surface area contributed by atoms with Gasteiger partial charge in [-0.05, 0) is 86.5 Å². The molecule has 3 fully saturated rings. The molecule has 0 radical (unpaired) electrons. The van der Waals surface area contributed by atoms with Gasteiger partial charge >= 0.3 is 12.1 Å². The topological polar surface area (TPSA) is 50.2 Å². The minimum absolute atomic E-state index is 0.0277. The standard InChI is InChI=1S/C32H44F5NO2S2/c1-28-13-10-23(39)20-22(28)19-21(9-7-5-3-4-6-8-17-41-27-38-16-18-42-27)26-24(28)11-14-29(2)25(26)12-15-30(29,40)31(33,34)32(35,36)37/h16,18,20-21,24-26,40H,3-15,17,19H2,1-2H3/t21?,24-,25+,26-,28+,29+,30?/m1/s1. The van der Waals surface area contributed by atoms with Crippen molar-refractivity contribution in [2.24, 2.45) is 34.5 Å². The zero-order chi connectivity index (χ0) is 30.4. The molecule has 0 spiro atoms. The van der Waals surface area contributed by atoms with Crippen LogP contribution in [0, 0.1) is 34.5 Å². The maximum atomic E-state index is 15.0. The maximum Gasteiger partial charge on any atom is 0.456 e. The number of hydrogen-bond donors (Lipinski definition) is 1. The number of carbonyl (C=O) groups excluding carboxylic acids is 1. The molecule has 0 aromatic carbocycles. The van der Waals surface area contributed by atoms with E-state index < -0.39 is 35.5 Å². The van der Waals surface area contributed by atoms with Crippen LogP contribution in [-0.2, 0) is 4.79 Å². The highest BCUT2D eigenvalue weighted by Gasteiger charge is 2.79. The summed E-state index contributed by atoms with van der Waals surface area (Å²) in [7, 11) is 0. The molecule has 0 amide bonds. The summed E-state index contributed by atoms with van der Waals surface area (Å²) in [4.78, 5) is 16.7. The number of nitrogens with zero attached hydrogens (tertiary/aromatic N) is 1. The predicted octanol–water partition coefficient (Wildman–Crippen LogP) is 9.65. The minimum Gasteiger partial charge on any atom is -0.383 e. The fourth-order valence-electron chi connectivity index (χ4n) is 9.42. The van der Waals surface area contributed by atoms with Crippen LogP contribution in [-0.4, -0.2) is 39.3 Å². The number of halogens is 5. The van der Waals surface area contributed by atoms with Gasteiger partial charge in [-0.3, -0.25) is 4.79 Å². The van der Waals surface area contributed by atoms with E-state index in [1.165, 1.54) is 6.92 Å². The molecular weight excluding hydrogens is 589 g/mol. The second-order valence-electron chi connectivity index (χ2n) is 13.8. The lowest BCUT2D eigenvalue weighted by molar-refractivity contribution is -0.364. The summed E-state index contributed by atoms with van der Waals surface area (Å²) < 4.78 is 72.0. The van der Waals surface area contributed by atoms with Crippen LogP contribution in [0.3, 0.4) is 0 Å². The Morgan fingerprint density at radius 1 is 1.00 bits per heavy atom. The third-order valence-electron chi connectivity index (χ3n) is 11.8. The number of thiazole rings is 1. The molecule has 3 nitrogen and oxygen atoms in total. The summed E-state index contributed by atoms with van der Waals surface area (Å²) in [6, 6.07) is 0. The quantitative estimate of drug-likeness (QED) is 0.150. The zero-order valence-corrected chi connectivity index (χ0v) is 26.3. The van der Waals surface area contributed by atoms with Crippen molar-refractivity contribution in [2.75, 3.05) is 5.75 Å². The maximum absolute atomic E-state index is 15.0. The third kappa shape index (κ3) is 5.52. The highest BCUT2D eigenvalue weighted by molar-refractivity contribution is 8.00. The van der Waals surface area contributed by atoms with Crippen LogP contribution in [0.15, 0.2) is 27.6 Å². The number of alkyl halides is 5. The number of fused-ring (bicyclic) bond motifs is 5. The van der Waals surface area contributed by atoms with Gasteiger partial charge in [-0.15, -0.1) is 11.3 Å². The van der Waals surface area contributed by atoms with E-state index in [-0.39, 0.29) is 41.8 Å². The normalized spacial score (nSPS) is 36.8. The highest BCUT2D eigenvalue weighted by atomic mass is 32.2. The van der Waals surface area contributed by atoms with E-state index in [0.29, 0.717) is 25.7 Å². The molecule has 1 aromatic rings. The summed E-state index contributed by atoms with van der Waals surface area (Å²) in [5, 5.41) is 13.3. The molecule has 0 aliphatic heterocycles. The molecule has 3 saturated carbocycles. The molecule has 236 valence electrons. The van der Waals surface area contributed by atoms with Gasteiger partial charge in [0.05, 0.1) is 0 Å². The largest absolute Gasteiger partial charge is 0.456 e. The van der Waals surface area contributed by atoms with E-state index in [1.54, 1.807) is 23.1 Å². The van der Waals surface area contributed by atoms with Crippen molar-refractivity contribution in [1.29, 1.82) is 0 Å². The Kier molecular flexibility index (Phi) is 9.31. The molecule has 1 aromatic heterocycles. The summed E-state index contributed by atoms with van der Waals surface area (Å²) >= 11 is 3.46. The molecule has 0 saturated heterocycles. The first-order valence-electron chi connectivity index (χ1n) is 15.7. The van der Waals surface area contributed by atoms with Crippen LogP contribution in [0.4, 0.5) is 22.0 Å². The average molecular weight is 634 g/mol. The van der Waals surface area contributed by atoms with Gasteiger partial charge in [0.1, 0.15) is 9.94 Å². The number of thioether (sulfide) groups is 1. The number of allylic oxidation sites excluding steroid dienone is 1. The summed E-state index contributed by atoms with van der Waals surface area (Å²) in [5.74, 6) is -4.14. The number of carbonyl (C=O) groups is 1. The van der Waals surface area contributed by atoms with Crippen LogP contribution >= 0.6 is 23.1 Å². The molecule has 0 bridgehead atoms. The Labute approximate surface area is 254 Å². The SMILES string of the molecule is C[C@]12CCC(=O)C=C1CC(CCCCCCCCSc1nccs1)[C@@H]1[C@H]2CC[C@@]2(C)[C@H]1CCC2(O)C(F)(F)C(F)(F)F. The van der Waals surface area contributed by atoms with E-state index in [4.69, 9.17) is 0 Å². The predicted molar refractivity (Wildman–Crippen MR) is 157 cm³/mol. The molecule has 5 rings (SSSR count). The van der Waals surface area contributed by atoms with Crippen molar-refractivity contribution in [1.82, 2.24) is 4.98 Å². The van der Waals surface area contributed by atoms with E-state index in [1.807, 2.05) is 17.7 Å². The fraction of sp³-hybridized carbons (Fsp3) is 0.812. The van der Waals surface area contributed by atoms with Crippen molar-refractivity contribution < 1.29 is 31.9 Å². The lowest BCUT2D eigenvalue weighted by atomic mass is 9.43. The summed E-state index contributed by atoms with van der Waals surface area (Å²) in [6.07, 6.45) is 7.48. The van der Waals surface area contributed by atoms with Crippen molar-refractivity contribution >= 4 is 28.9 Å². The van der Waals surface area contributed by atoms with Gasteiger partial charge in [0.25, 0.3) is 0 Å². The summed E-state index contributed by atoms with van der Waals surface area (Å²) in [6.45, 7) is 3.68. The molecule has 42 heavy (non-hydrogen) atoms. The second-order valence-corrected chi connectivity index (χ2v) is 16.0. The fourth-order valence-corrected chi connectivity index (χ4v) is 11.1. The van der Waals surface area contributed by atoms with E-state index in [9.17, 15) is 31.9 Å². The number of rotatable bonds is 11. The van der Waals surface area contributed by atoms with Crippen LogP contribution < -0.4 is 0 Å². The molecule has 4 aliphatic rings. The first-order valence-corrected chi connectivity index (χ1v) is 17.5. The average Bonchev–Trinajstić information content (AvgIpc) is 3.54. The van der Waals surface area contributed by atoms with Crippen LogP contribution in [0.25, 0.3) is 0 Å². The third-order valence-corrected chi connectivity index (χ3v) is 13.8. The van der Waals surface area contributed by atoms with Gasteiger partial charge in [-0.1, -0.05) is 63.3 Å². The molecular formula is C32H44F5NO2S2. The Balaban J connectivity index is 1.26. The Bertz CT molecular complexity index is 1140. The number of unbranched alkanes of at least 4 members (excludes halogenated alkanes) is 5. The molecule has 4 aliphatic carbocycles. The number of hydrogen-bond acceptors (Lipinski definition) is 5. The molecule has 2 unspecified atom stereocenters. The van der Waals surface area contributed by atoms with Gasteiger partial charge in [0.2, 0.25) is 0 Å². The van der Waals surface area contributed by atoms with E-state index in [0.717, 1.165) is 60.6 Å². The van der Waals surface area contributed by atoms with Crippen molar-refractivity contribution in [3.05, 3.63) is 23.2 Å². The molecule has 1 N–H and O–H groups in total. The minimum atomic E-state index is -5.80. The number of ketones is 1.